The van der Waals surface area contributed by atoms with Gasteiger partial charge < -0.3 is 14.5 Å². The van der Waals surface area contributed by atoms with E-state index < -0.39 is 0 Å². The van der Waals surface area contributed by atoms with Gasteiger partial charge in [0.1, 0.15) is 0 Å². The number of carbonyl (C=O) groups is 1. The monoisotopic (exact) mass is 509 g/mol. The Kier molecular flexibility index (Phi) is 6.17. The van der Waals surface area contributed by atoms with Gasteiger partial charge in [-0.3, -0.25) is 5.32 Å². The number of aromatic nitrogens is 2. The highest BCUT2D eigenvalue weighted by atomic mass is 79.9. The van der Waals surface area contributed by atoms with Crippen molar-refractivity contribution in [1.82, 2.24) is 14.9 Å². The minimum atomic E-state index is -0.254. The molecule has 4 rings (SSSR count). The van der Waals surface area contributed by atoms with Crippen molar-refractivity contribution >= 4 is 67.7 Å². The van der Waals surface area contributed by atoms with Crippen molar-refractivity contribution in [3.8, 4) is 5.88 Å². The predicted molar refractivity (Wildman–Crippen MR) is 123 cm³/mol. The summed E-state index contributed by atoms with van der Waals surface area (Å²) < 4.78 is 6.33. The molecule has 1 aliphatic heterocycles. The van der Waals surface area contributed by atoms with Gasteiger partial charge in [-0.2, -0.15) is 0 Å². The maximum atomic E-state index is 12.8. The first-order valence-corrected chi connectivity index (χ1v) is 10.8. The number of amides is 2. The fourth-order valence-corrected chi connectivity index (χ4v) is 3.98. The molecule has 0 radical (unpaired) electrons. The molecule has 10 heteroatoms. The summed E-state index contributed by atoms with van der Waals surface area (Å²) in [5.74, 6) is 0.449. The molecule has 0 aliphatic carbocycles. The molecule has 1 N–H and O–H groups in total. The highest BCUT2D eigenvalue weighted by Gasteiger charge is 2.23. The molecule has 0 saturated carbocycles. The number of carbonyl (C=O) groups excluding carboxylic acids is 1. The molecular weight excluding hydrogens is 493 g/mol. The molecule has 1 fully saturated rings. The van der Waals surface area contributed by atoms with E-state index in [0.29, 0.717) is 34.2 Å². The molecule has 3 aromatic rings. The second-order valence-electron chi connectivity index (χ2n) is 6.72. The van der Waals surface area contributed by atoms with Crippen molar-refractivity contribution in [2.75, 3.05) is 43.5 Å². The van der Waals surface area contributed by atoms with Crippen LogP contribution in [-0.2, 0) is 0 Å². The summed E-state index contributed by atoms with van der Waals surface area (Å²) in [5, 5.41) is 3.55. The zero-order chi connectivity index (χ0) is 21.3. The van der Waals surface area contributed by atoms with Gasteiger partial charge in [0.2, 0.25) is 0 Å². The predicted octanol–water partition coefficient (Wildman–Crippen LogP) is 5.06. The number of anilines is 2. The molecule has 0 bridgehead atoms. The Morgan fingerprint density at radius 2 is 1.73 bits per heavy atom. The van der Waals surface area contributed by atoms with Crippen molar-refractivity contribution in [2.45, 2.75) is 0 Å². The Morgan fingerprint density at radius 3 is 2.37 bits per heavy atom. The summed E-state index contributed by atoms with van der Waals surface area (Å²) >= 11 is 15.6. The standard InChI is InChI=1S/C20H18BrCl2N5O2/c1-30-19-18(24-16-10-14(22)15(23)11-17(16)25-19)26-20(29)28-7-5-27(6-8-28)13-4-2-3-12(21)9-13/h2-4,9-11H,5-8H2,1H3,(H,24,26,29). The molecule has 2 aromatic carbocycles. The first-order chi connectivity index (χ1) is 14.4. The Morgan fingerprint density at radius 1 is 1.07 bits per heavy atom. The van der Waals surface area contributed by atoms with Crippen molar-refractivity contribution in [3.63, 3.8) is 0 Å². The number of nitrogens with one attached hydrogen (secondary N) is 1. The van der Waals surface area contributed by atoms with Gasteiger partial charge in [0, 0.05) is 36.3 Å². The highest BCUT2D eigenvalue weighted by molar-refractivity contribution is 9.10. The Balaban J connectivity index is 1.47. The smallest absolute Gasteiger partial charge is 0.323 e. The summed E-state index contributed by atoms with van der Waals surface area (Å²) in [6, 6.07) is 11.1. The lowest BCUT2D eigenvalue weighted by Gasteiger charge is -2.36. The van der Waals surface area contributed by atoms with Gasteiger partial charge in [0.15, 0.2) is 5.82 Å². The van der Waals surface area contributed by atoms with E-state index in [4.69, 9.17) is 27.9 Å². The zero-order valence-corrected chi connectivity index (χ0v) is 19.1. The maximum Gasteiger partial charge on any atom is 0.323 e. The molecule has 2 heterocycles. The second kappa shape index (κ2) is 8.83. The molecule has 1 aliphatic rings. The van der Waals surface area contributed by atoms with Crippen LogP contribution in [0.1, 0.15) is 0 Å². The van der Waals surface area contributed by atoms with Crippen LogP contribution in [0, 0.1) is 0 Å². The molecule has 0 unspecified atom stereocenters. The third-order valence-electron chi connectivity index (χ3n) is 4.83. The van der Waals surface area contributed by atoms with E-state index in [9.17, 15) is 4.79 Å². The van der Waals surface area contributed by atoms with Gasteiger partial charge in [0.05, 0.1) is 28.2 Å². The maximum absolute atomic E-state index is 12.8. The van der Waals surface area contributed by atoms with Crippen LogP contribution >= 0.6 is 39.1 Å². The number of fused-ring (bicyclic) bond motifs is 1. The molecule has 1 saturated heterocycles. The Hall–Kier alpha value is -2.29. The van der Waals surface area contributed by atoms with Crippen LogP contribution in [0.4, 0.5) is 16.3 Å². The summed E-state index contributed by atoms with van der Waals surface area (Å²) in [6.07, 6.45) is 0. The van der Waals surface area contributed by atoms with E-state index in [-0.39, 0.29) is 17.7 Å². The number of nitrogens with zero attached hydrogens (tertiary/aromatic N) is 4. The lowest BCUT2D eigenvalue weighted by Crippen LogP contribution is -2.50. The average molecular weight is 511 g/mol. The summed E-state index contributed by atoms with van der Waals surface area (Å²) in [4.78, 5) is 25.6. The third-order valence-corrected chi connectivity index (χ3v) is 6.05. The summed E-state index contributed by atoms with van der Waals surface area (Å²) in [5.41, 5.74) is 2.17. The van der Waals surface area contributed by atoms with E-state index in [1.165, 1.54) is 7.11 Å². The van der Waals surface area contributed by atoms with Crippen molar-refractivity contribution in [1.29, 1.82) is 0 Å². The van der Waals surface area contributed by atoms with Gasteiger partial charge in [-0.15, -0.1) is 0 Å². The van der Waals surface area contributed by atoms with Gasteiger partial charge in [-0.25, -0.2) is 14.8 Å². The van der Waals surface area contributed by atoms with E-state index in [0.717, 1.165) is 23.2 Å². The van der Waals surface area contributed by atoms with Crippen LogP contribution in [-0.4, -0.2) is 54.2 Å². The topological polar surface area (TPSA) is 70.6 Å². The molecule has 0 atom stereocenters. The Labute approximate surface area is 192 Å². The van der Waals surface area contributed by atoms with Crippen LogP contribution < -0.4 is 15.0 Å². The van der Waals surface area contributed by atoms with Gasteiger partial charge in [0.25, 0.3) is 5.88 Å². The SMILES string of the molecule is COc1nc2cc(Cl)c(Cl)cc2nc1NC(=O)N1CCN(c2cccc(Br)c2)CC1. The highest BCUT2D eigenvalue weighted by Crippen LogP contribution is 2.30. The number of piperazine rings is 1. The number of hydrogen-bond donors (Lipinski definition) is 1. The van der Waals surface area contributed by atoms with Crippen molar-refractivity contribution in [3.05, 3.63) is 50.9 Å². The number of rotatable bonds is 3. The average Bonchev–Trinajstić information content (AvgIpc) is 2.74. The number of halogens is 3. The normalized spacial score (nSPS) is 14.1. The number of urea groups is 1. The molecule has 156 valence electrons. The number of hydrogen-bond acceptors (Lipinski definition) is 5. The number of benzene rings is 2. The van der Waals surface area contributed by atoms with E-state index >= 15 is 0 Å². The van der Waals surface area contributed by atoms with E-state index in [1.54, 1.807) is 17.0 Å². The molecule has 1 aromatic heterocycles. The van der Waals surface area contributed by atoms with Gasteiger partial charge in [-0.1, -0.05) is 45.2 Å². The number of methoxy groups -OCH3 is 1. The molecular formula is C20H18BrCl2N5O2. The zero-order valence-electron chi connectivity index (χ0n) is 16.0. The second-order valence-corrected chi connectivity index (χ2v) is 8.45. The fourth-order valence-electron chi connectivity index (χ4n) is 3.28. The van der Waals surface area contributed by atoms with Crippen LogP contribution in [0.3, 0.4) is 0 Å². The minimum Gasteiger partial charge on any atom is -0.478 e. The fraction of sp³-hybridized carbons (Fsp3) is 0.250. The van der Waals surface area contributed by atoms with Crippen molar-refractivity contribution in [2.24, 2.45) is 0 Å². The minimum absolute atomic E-state index is 0.210. The van der Waals surface area contributed by atoms with E-state index in [1.807, 2.05) is 12.1 Å². The largest absolute Gasteiger partial charge is 0.478 e. The van der Waals surface area contributed by atoms with Crippen LogP contribution in [0.5, 0.6) is 5.88 Å². The van der Waals surface area contributed by atoms with Crippen molar-refractivity contribution < 1.29 is 9.53 Å². The number of ether oxygens (including phenoxy) is 1. The Bertz CT molecular complexity index is 1110. The van der Waals surface area contributed by atoms with Crippen LogP contribution in [0.15, 0.2) is 40.9 Å². The quantitative estimate of drug-likeness (QED) is 0.533. The molecule has 7 nitrogen and oxygen atoms in total. The van der Waals surface area contributed by atoms with Gasteiger partial charge in [-0.05, 0) is 30.3 Å². The van der Waals surface area contributed by atoms with Crippen LogP contribution in [0.25, 0.3) is 11.0 Å². The first kappa shape index (κ1) is 21.0. The molecule has 0 spiro atoms. The lowest BCUT2D eigenvalue weighted by atomic mass is 10.2. The molecule has 30 heavy (non-hydrogen) atoms. The van der Waals surface area contributed by atoms with E-state index in [2.05, 4.69) is 48.2 Å². The first-order valence-electron chi connectivity index (χ1n) is 9.22. The van der Waals surface area contributed by atoms with Gasteiger partial charge >= 0.3 is 6.03 Å². The third kappa shape index (κ3) is 4.40. The summed E-state index contributed by atoms with van der Waals surface area (Å²) in [6.45, 7) is 2.64. The molecule has 2 amide bonds. The van der Waals surface area contributed by atoms with Crippen LogP contribution in [0.2, 0.25) is 10.0 Å². The summed E-state index contributed by atoms with van der Waals surface area (Å²) in [7, 11) is 1.47. The lowest BCUT2D eigenvalue weighted by molar-refractivity contribution is 0.208.